The van der Waals surface area contributed by atoms with Crippen LogP contribution in [0.2, 0.25) is 0 Å². The summed E-state index contributed by atoms with van der Waals surface area (Å²) in [7, 11) is -3.18. The van der Waals surface area contributed by atoms with Gasteiger partial charge in [-0.1, -0.05) is 12.8 Å². The van der Waals surface area contributed by atoms with Crippen molar-refractivity contribution in [2.45, 2.75) is 62.4 Å². The van der Waals surface area contributed by atoms with Crippen LogP contribution in [0.1, 0.15) is 45.4 Å². The van der Waals surface area contributed by atoms with Crippen molar-refractivity contribution in [3.05, 3.63) is 24.3 Å². The van der Waals surface area contributed by atoms with E-state index in [1.807, 2.05) is 0 Å². The lowest BCUT2D eigenvalue weighted by Crippen LogP contribution is -2.50. The maximum absolute atomic E-state index is 11.5. The van der Waals surface area contributed by atoms with Gasteiger partial charge in [0.15, 0.2) is 15.8 Å². The molecule has 1 aromatic carbocycles. The number of halogens is 1. The van der Waals surface area contributed by atoms with E-state index in [2.05, 4.69) is 27.4 Å². The van der Waals surface area contributed by atoms with E-state index in [4.69, 9.17) is 4.74 Å². The van der Waals surface area contributed by atoms with E-state index in [9.17, 15) is 8.42 Å². The second-order valence-electron chi connectivity index (χ2n) is 8.25. The van der Waals surface area contributed by atoms with Gasteiger partial charge in [0.05, 0.1) is 11.4 Å². The number of rotatable bonds is 8. The van der Waals surface area contributed by atoms with Gasteiger partial charge in [-0.3, -0.25) is 0 Å². The first-order valence-corrected chi connectivity index (χ1v) is 13.1. The number of hydrogen-bond donors (Lipinski definition) is 2. The predicted octanol–water partition coefficient (Wildman–Crippen LogP) is 3.05. The molecule has 0 radical (unpaired) electrons. The lowest BCUT2D eigenvalue weighted by Gasteiger charge is -2.36. The van der Waals surface area contributed by atoms with Gasteiger partial charge < -0.3 is 20.3 Å². The van der Waals surface area contributed by atoms with Crippen LogP contribution in [0.3, 0.4) is 0 Å². The van der Waals surface area contributed by atoms with Crippen molar-refractivity contribution in [2.24, 2.45) is 4.99 Å². The number of piperidine rings is 1. The maximum atomic E-state index is 11.5. The summed E-state index contributed by atoms with van der Waals surface area (Å²) in [6.07, 6.45) is 9.05. The van der Waals surface area contributed by atoms with Gasteiger partial charge in [-0.25, -0.2) is 13.4 Å². The molecule has 0 amide bonds. The second-order valence-corrected chi connectivity index (χ2v) is 10.3. The number of benzene rings is 1. The molecule has 176 valence electrons. The first kappa shape index (κ1) is 26.2. The number of likely N-dealkylation sites (tertiary alicyclic amines) is 1. The van der Waals surface area contributed by atoms with Crippen molar-refractivity contribution >= 4 is 39.8 Å². The molecule has 1 saturated carbocycles. The van der Waals surface area contributed by atoms with Crippen molar-refractivity contribution < 1.29 is 13.2 Å². The minimum absolute atomic E-state index is 0. The van der Waals surface area contributed by atoms with E-state index in [1.54, 1.807) is 24.3 Å². The molecule has 3 rings (SSSR count). The van der Waals surface area contributed by atoms with Gasteiger partial charge in [0.25, 0.3) is 0 Å². The van der Waals surface area contributed by atoms with Gasteiger partial charge in [-0.15, -0.1) is 24.0 Å². The van der Waals surface area contributed by atoms with E-state index < -0.39 is 9.84 Å². The Morgan fingerprint density at radius 1 is 1.13 bits per heavy atom. The van der Waals surface area contributed by atoms with Gasteiger partial charge in [0.2, 0.25) is 0 Å². The Morgan fingerprint density at radius 2 is 1.77 bits per heavy atom. The first-order chi connectivity index (χ1) is 14.5. The Morgan fingerprint density at radius 3 is 2.35 bits per heavy atom. The third kappa shape index (κ3) is 8.42. The largest absolute Gasteiger partial charge is 0.492 e. The van der Waals surface area contributed by atoms with Crippen molar-refractivity contribution in [1.29, 1.82) is 0 Å². The molecule has 0 atom stereocenters. The summed E-state index contributed by atoms with van der Waals surface area (Å²) in [5.41, 5.74) is 0. The molecule has 1 heterocycles. The van der Waals surface area contributed by atoms with Crippen LogP contribution in [0.5, 0.6) is 5.75 Å². The molecule has 2 N–H and O–H groups in total. The smallest absolute Gasteiger partial charge is 0.191 e. The zero-order chi connectivity index (χ0) is 21.4. The van der Waals surface area contributed by atoms with Crippen LogP contribution in [0.4, 0.5) is 0 Å². The van der Waals surface area contributed by atoms with Crippen molar-refractivity contribution in [3.8, 4) is 5.75 Å². The molecular formula is C22H37IN4O3S. The molecular weight excluding hydrogens is 527 g/mol. The van der Waals surface area contributed by atoms with Gasteiger partial charge in [-0.05, 0) is 56.9 Å². The molecule has 7 nitrogen and oxygen atoms in total. The highest BCUT2D eigenvalue weighted by Gasteiger charge is 2.27. The molecule has 9 heteroatoms. The van der Waals surface area contributed by atoms with Crippen molar-refractivity contribution in [2.75, 3.05) is 39.0 Å². The third-order valence-corrected chi connectivity index (χ3v) is 7.07. The molecule has 2 aliphatic rings. The van der Waals surface area contributed by atoms with Gasteiger partial charge in [0.1, 0.15) is 12.4 Å². The predicted molar refractivity (Wildman–Crippen MR) is 136 cm³/mol. The SMILES string of the molecule is CCNC(=NCCOc1ccc(S(C)(=O)=O)cc1)NC1CCN(C2CCCC2)CC1.I. The topological polar surface area (TPSA) is 83.0 Å². The standard InChI is InChI=1S/C22H36N4O3S.HI/c1-3-23-22(25-18-12-15-26(16-13-18)19-6-4-5-7-19)24-14-17-29-20-8-10-21(11-9-20)30(2,27)28;/h8-11,18-19H,3-7,12-17H2,1-2H3,(H2,23,24,25);1H. The fourth-order valence-electron chi connectivity index (χ4n) is 4.30. The monoisotopic (exact) mass is 564 g/mol. The number of ether oxygens (including phenoxy) is 1. The Balaban J connectivity index is 0.00000341. The number of nitrogens with zero attached hydrogens (tertiary/aromatic N) is 2. The number of guanidine groups is 1. The summed E-state index contributed by atoms with van der Waals surface area (Å²) in [5.74, 6) is 1.49. The van der Waals surface area contributed by atoms with E-state index in [0.29, 0.717) is 29.8 Å². The highest BCUT2D eigenvalue weighted by molar-refractivity contribution is 14.0. The number of hydrogen-bond acceptors (Lipinski definition) is 5. The zero-order valence-electron chi connectivity index (χ0n) is 18.7. The van der Waals surface area contributed by atoms with E-state index >= 15 is 0 Å². The Labute approximate surface area is 204 Å². The molecule has 2 fully saturated rings. The van der Waals surface area contributed by atoms with Gasteiger partial charge in [0, 0.05) is 38.0 Å². The molecule has 1 aromatic rings. The average Bonchev–Trinajstić information content (AvgIpc) is 3.26. The lowest BCUT2D eigenvalue weighted by molar-refractivity contribution is 0.150. The van der Waals surface area contributed by atoms with Crippen LogP contribution in [0, 0.1) is 0 Å². The quantitative estimate of drug-likeness (QED) is 0.219. The Bertz CT molecular complexity index is 787. The summed E-state index contributed by atoms with van der Waals surface area (Å²) in [6.45, 7) is 6.21. The van der Waals surface area contributed by atoms with Crippen LogP contribution in [-0.4, -0.2) is 70.4 Å². The maximum Gasteiger partial charge on any atom is 0.191 e. The first-order valence-electron chi connectivity index (χ1n) is 11.2. The highest BCUT2D eigenvalue weighted by atomic mass is 127. The highest BCUT2D eigenvalue weighted by Crippen LogP contribution is 2.26. The summed E-state index contributed by atoms with van der Waals surface area (Å²) >= 11 is 0. The van der Waals surface area contributed by atoms with Crippen molar-refractivity contribution in [3.63, 3.8) is 0 Å². The second kappa shape index (κ2) is 12.8. The number of nitrogens with one attached hydrogen (secondary N) is 2. The molecule has 1 saturated heterocycles. The molecule has 0 aromatic heterocycles. The van der Waals surface area contributed by atoms with Gasteiger partial charge in [-0.2, -0.15) is 0 Å². The summed E-state index contributed by atoms with van der Waals surface area (Å²) in [6, 6.07) is 7.78. The molecule has 0 bridgehead atoms. The minimum atomic E-state index is -3.18. The normalized spacial score (nSPS) is 19.1. The zero-order valence-corrected chi connectivity index (χ0v) is 21.8. The van der Waals surface area contributed by atoms with Crippen LogP contribution in [0.15, 0.2) is 34.2 Å². The van der Waals surface area contributed by atoms with Crippen LogP contribution >= 0.6 is 24.0 Å². The molecule has 0 spiro atoms. The van der Waals surface area contributed by atoms with Crippen LogP contribution in [0.25, 0.3) is 0 Å². The molecule has 1 aliphatic carbocycles. The summed E-state index contributed by atoms with van der Waals surface area (Å²) < 4.78 is 28.7. The lowest BCUT2D eigenvalue weighted by atomic mass is 10.0. The van der Waals surface area contributed by atoms with E-state index in [1.165, 1.54) is 45.0 Å². The summed E-state index contributed by atoms with van der Waals surface area (Å²) in [4.78, 5) is 7.61. The Hall–Kier alpha value is -1.07. The van der Waals surface area contributed by atoms with E-state index in [-0.39, 0.29) is 24.0 Å². The fourth-order valence-corrected chi connectivity index (χ4v) is 4.93. The average molecular weight is 565 g/mol. The molecule has 0 unspecified atom stereocenters. The number of aliphatic imine (C=N–C) groups is 1. The summed E-state index contributed by atoms with van der Waals surface area (Å²) in [5, 5.41) is 6.90. The minimum Gasteiger partial charge on any atom is -0.492 e. The molecule has 1 aliphatic heterocycles. The fraction of sp³-hybridized carbons (Fsp3) is 0.682. The third-order valence-electron chi connectivity index (χ3n) is 5.94. The van der Waals surface area contributed by atoms with Crippen LogP contribution < -0.4 is 15.4 Å². The van der Waals surface area contributed by atoms with Gasteiger partial charge >= 0.3 is 0 Å². The van der Waals surface area contributed by atoms with E-state index in [0.717, 1.165) is 31.4 Å². The van der Waals surface area contributed by atoms with Crippen molar-refractivity contribution in [1.82, 2.24) is 15.5 Å². The number of sulfone groups is 1. The van der Waals surface area contributed by atoms with Crippen LogP contribution in [-0.2, 0) is 9.84 Å². The Kier molecular flexibility index (Phi) is 10.8. The molecule has 31 heavy (non-hydrogen) atoms.